The lowest BCUT2D eigenvalue weighted by Gasteiger charge is -2.31. The Labute approximate surface area is 188 Å². The van der Waals surface area contributed by atoms with E-state index < -0.39 is 28.3 Å². The molecule has 2 bridgehead atoms. The van der Waals surface area contributed by atoms with Crippen LogP contribution in [0.1, 0.15) is 12.5 Å². The fourth-order valence-electron chi connectivity index (χ4n) is 4.32. The molecule has 2 aromatic rings. The summed E-state index contributed by atoms with van der Waals surface area (Å²) >= 11 is 0. The van der Waals surface area contributed by atoms with Gasteiger partial charge in [-0.1, -0.05) is 42.5 Å². The molecule has 2 aromatic carbocycles. The van der Waals surface area contributed by atoms with E-state index in [1.54, 1.807) is 7.05 Å². The number of sulfonamides is 1. The monoisotopic (exact) mass is 461 g/mol. The minimum Gasteiger partial charge on any atom is -0.491 e. The van der Waals surface area contributed by atoms with Crippen LogP contribution in [0.2, 0.25) is 0 Å². The predicted molar refractivity (Wildman–Crippen MR) is 121 cm³/mol. The summed E-state index contributed by atoms with van der Waals surface area (Å²) in [4.78, 5) is 16.1. The number of carbonyl (C=O) groups is 1. The molecule has 3 atom stereocenters. The molecule has 1 N–H and O–H groups in total. The lowest BCUT2D eigenvalue weighted by Crippen LogP contribution is -2.52. The van der Waals surface area contributed by atoms with Gasteiger partial charge in [0.2, 0.25) is 10.0 Å². The number of para-hydroxylation sites is 1. The number of fused-ring (bicyclic) bond motifs is 5. The minimum atomic E-state index is -3.65. The zero-order valence-corrected chi connectivity index (χ0v) is 19.0. The van der Waals surface area contributed by atoms with Crippen LogP contribution in [0.15, 0.2) is 48.5 Å². The number of urea groups is 1. The second-order valence-electron chi connectivity index (χ2n) is 8.24. The standard InChI is InChI=1S/C23H28FN3O4S/c1-3-32(29,30)25-22-19(24)15-27-20(22)14-16-7-6-8-17(13-16)18-9-4-5-10-21(18)31-12-11-26(2)23(27)28/h4-10,13,19-20,22,25H,3,11-12,14-15H2,1-2H3/t19-,20-,22-/m0/s1. The van der Waals surface area contributed by atoms with Crippen LogP contribution in [0.5, 0.6) is 5.75 Å². The molecule has 32 heavy (non-hydrogen) atoms. The summed E-state index contributed by atoms with van der Waals surface area (Å²) in [5, 5.41) is 0. The maximum Gasteiger partial charge on any atom is 0.320 e. The van der Waals surface area contributed by atoms with Gasteiger partial charge in [-0.3, -0.25) is 0 Å². The van der Waals surface area contributed by atoms with Gasteiger partial charge in [-0.15, -0.1) is 0 Å². The molecule has 1 fully saturated rings. The molecule has 0 saturated carbocycles. The Morgan fingerprint density at radius 2 is 1.97 bits per heavy atom. The maximum atomic E-state index is 15.1. The van der Waals surface area contributed by atoms with Crippen molar-refractivity contribution in [1.82, 2.24) is 14.5 Å². The van der Waals surface area contributed by atoms with Crippen molar-refractivity contribution in [3.63, 3.8) is 0 Å². The molecule has 2 heterocycles. The molecule has 0 spiro atoms. The number of hydrogen-bond donors (Lipinski definition) is 1. The van der Waals surface area contributed by atoms with Crippen LogP contribution in [0.4, 0.5) is 9.18 Å². The second-order valence-corrected chi connectivity index (χ2v) is 10.3. The molecule has 4 rings (SSSR count). The maximum absolute atomic E-state index is 15.1. The van der Waals surface area contributed by atoms with Crippen LogP contribution >= 0.6 is 0 Å². The fourth-order valence-corrected chi connectivity index (χ4v) is 5.20. The van der Waals surface area contributed by atoms with Gasteiger partial charge in [0.25, 0.3) is 0 Å². The summed E-state index contributed by atoms with van der Waals surface area (Å²) in [5.74, 6) is 0.572. The highest BCUT2D eigenvalue weighted by atomic mass is 32.2. The Bertz CT molecular complexity index is 1090. The number of nitrogens with one attached hydrogen (secondary N) is 1. The van der Waals surface area contributed by atoms with Gasteiger partial charge in [0, 0.05) is 12.6 Å². The number of alkyl halides is 1. The van der Waals surface area contributed by atoms with Crippen LogP contribution in [0.25, 0.3) is 11.1 Å². The lowest BCUT2D eigenvalue weighted by atomic mass is 9.96. The molecule has 2 amide bonds. The summed E-state index contributed by atoms with van der Waals surface area (Å²) in [6, 6.07) is 13.5. The fraction of sp³-hybridized carbons (Fsp3) is 0.435. The molecule has 2 aliphatic heterocycles. The summed E-state index contributed by atoms with van der Waals surface area (Å²) in [5.41, 5.74) is 2.76. The molecule has 9 heteroatoms. The zero-order chi connectivity index (χ0) is 22.9. The van der Waals surface area contributed by atoms with E-state index in [9.17, 15) is 13.2 Å². The third-order valence-electron chi connectivity index (χ3n) is 6.10. The van der Waals surface area contributed by atoms with Gasteiger partial charge < -0.3 is 14.5 Å². The van der Waals surface area contributed by atoms with Crippen LogP contribution in [-0.2, 0) is 16.4 Å². The minimum absolute atomic E-state index is 0.152. The Hall–Kier alpha value is -2.65. The highest BCUT2D eigenvalue weighted by Crippen LogP contribution is 2.32. The first-order valence-corrected chi connectivity index (χ1v) is 12.4. The number of amides is 2. The Morgan fingerprint density at radius 1 is 1.19 bits per heavy atom. The topological polar surface area (TPSA) is 79.0 Å². The quantitative estimate of drug-likeness (QED) is 0.762. The summed E-state index contributed by atoms with van der Waals surface area (Å²) in [7, 11) is -2.00. The molecule has 172 valence electrons. The van der Waals surface area contributed by atoms with E-state index in [-0.39, 0.29) is 24.9 Å². The van der Waals surface area contributed by atoms with E-state index in [0.717, 1.165) is 22.4 Å². The van der Waals surface area contributed by atoms with Crippen LogP contribution < -0.4 is 9.46 Å². The summed E-state index contributed by atoms with van der Waals surface area (Å²) in [6.07, 6.45) is -1.17. The van der Waals surface area contributed by atoms with E-state index in [4.69, 9.17) is 4.74 Å². The zero-order valence-electron chi connectivity index (χ0n) is 18.2. The molecular weight excluding hydrogens is 433 g/mol. The van der Waals surface area contributed by atoms with Gasteiger partial charge in [0.15, 0.2) is 0 Å². The summed E-state index contributed by atoms with van der Waals surface area (Å²) in [6.45, 7) is 1.94. The second kappa shape index (κ2) is 9.07. The molecule has 0 radical (unpaired) electrons. The first-order valence-electron chi connectivity index (χ1n) is 10.8. The van der Waals surface area contributed by atoms with Crippen molar-refractivity contribution >= 4 is 16.1 Å². The van der Waals surface area contributed by atoms with Crippen molar-refractivity contribution in [3.05, 3.63) is 54.1 Å². The number of hydrogen-bond acceptors (Lipinski definition) is 4. The SMILES string of the molecule is CCS(=O)(=O)N[C@H]1[C@@H](F)CN2C(=O)N(C)CCOc3ccccc3-c3cccc(c3)C[C@@H]12. The first kappa shape index (κ1) is 22.5. The van der Waals surface area contributed by atoms with Crippen molar-refractivity contribution in [3.8, 4) is 16.9 Å². The normalized spacial score (nSPS) is 24.0. The molecule has 0 aromatic heterocycles. The van der Waals surface area contributed by atoms with Gasteiger partial charge >= 0.3 is 6.03 Å². The van der Waals surface area contributed by atoms with Crippen molar-refractivity contribution in [2.45, 2.75) is 31.6 Å². The third-order valence-corrected chi connectivity index (χ3v) is 7.49. The number of likely N-dealkylation sites (N-methyl/N-ethyl adjacent to an activating group) is 1. The van der Waals surface area contributed by atoms with Gasteiger partial charge in [-0.25, -0.2) is 22.3 Å². The van der Waals surface area contributed by atoms with E-state index in [2.05, 4.69) is 4.72 Å². The first-order chi connectivity index (χ1) is 15.3. The highest BCUT2D eigenvalue weighted by molar-refractivity contribution is 7.89. The Morgan fingerprint density at radius 3 is 2.75 bits per heavy atom. The van der Waals surface area contributed by atoms with Gasteiger partial charge in [-0.2, -0.15) is 0 Å². The van der Waals surface area contributed by atoms with E-state index >= 15 is 4.39 Å². The number of halogens is 1. The van der Waals surface area contributed by atoms with Gasteiger partial charge in [0.1, 0.15) is 18.5 Å². The van der Waals surface area contributed by atoms with Crippen LogP contribution in [0, 0.1) is 0 Å². The molecule has 1 saturated heterocycles. The molecule has 7 nitrogen and oxygen atoms in total. The average molecular weight is 462 g/mol. The van der Waals surface area contributed by atoms with E-state index in [1.165, 1.54) is 16.7 Å². The number of nitrogens with zero attached hydrogens (tertiary/aromatic N) is 2. The molecule has 2 aliphatic rings. The third kappa shape index (κ3) is 4.59. The van der Waals surface area contributed by atoms with Gasteiger partial charge in [0.05, 0.1) is 30.9 Å². The van der Waals surface area contributed by atoms with Gasteiger partial charge in [-0.05, 0) is 30.5 Å². The van der Waals surface area contributed by atoms with E-state index in [1.807, 2.05) is 48.5 Å². The average Bonchev–Trinajstić information content (AvgIpc) is 3.07. The van der Waals surface area contributed by atoms with Crippen molar-refractivity contribution in [2.75, 3.05) is 32.5 Å². The number of carbonyl (C=O) groups excluding carboxylic acids is 1. The largest absolute Gasteiger partial charge is 0.491 e. The van der Waals surface area contributed by atoms with Crippen molar-refractivity contribution in [2.24, 2.45) is 0 Å². The molecular formula is C23H28FN3O4S. The number of ether oxygens (including phenoxy) is 1. The van der Waals surface area contributed by atoms with Crippen LogP contribution in [0.3, 0.4) is 0 Å². The lowest BCUT2D eigenvalue weighted by molar-refractivity contribution is 0.146. The highest BCUT2D eigenvalue weighted by Gasteiger charge is 2.46. The van der Waals surface area contributed by atoms with E-state index in [0.29, 0.717) is 13.0 Å². The predicted octanol–water partition coefficient (Wildman–Crippen LogP) is 2.67. The van der Waals surface area contributed by atoms with Crippen molar-refractivity contribution < 1.29 is 22.3 Å². The Kier molecular flexibility index (Phi) is 6.39. The summed E-state index contributed by atoms with van der Waals surface area (Å²) < 4.78 is 48.0. The molecule has 0 unspecified atom stereocenters. The van der Waals surface area contributed by atoms with Crippen molar-refractivity contribution in [1.29, 1.82) is 0 Å². The smallest absolute Gasteiger partial charge is 0.320 e. The number of benzene rings is 2. The molecule has 0 aliphatic carbocycles. The Balaban J connectivity index is 1.76. The van der Waals surface area contributed by atoms with Crippen LogP contribution in [-0.4, -0.2) is 75.0 Å². The number of rotatable bonds is 3.